The van der Waals surface area contributed by atoms with Gasteiger partial charge in [0.15, 0.2) is 0 Å². The number of ether oxygens (including phenoxy) is 1. The second-order valence-corrected chi connectivity index (χ2v) is 9.64. The maximum atomic E-state index is 12.4. The number of rotatable bonds is 5. The number of piperidine rings is 1. The van der Waals surface area contributed by atoms with Crippen LogP contribution in [0.3, 0.4) is 0 Å². The molecule has 0 radical (unpaired) electrons. The highest BCUT2D eigenvalue weighted by Crippen LogP contribution is 2.40. The molecule has 1 aliphatic heterocycles. The zero-order valence-corrected chi connectivity index (χ0v) is 18.9. The van der Waals surface area contributed by atoms with Crippen LogP contribution in [0.15, 0.2) is 30.3 Å². The number of aromatic nitrogens is 2. The third kappa shape index (κ3) is 4.18. The maximum absolute atomic E-state index is 12.4. The molecule has 3 heterocycles. The molecule has 1 saturated heterocycles. The number of benzene rings is 1. The lowest BCUT2D eigenvalue weighted by Crippen LogP contribution is -2.40. The Balaban J connectivity index is 1.55. The van der Waals surface area contributed by atoms with Gasteiger partial charge in [0.05, 0.1) is 17.9 Å². The van der Waals surface area contributed by atoms with E-state index in [1.807, 2.05) is 24.3 Å². The minimum absolute atomic E-state index is 0.0747. The average molecular weight is 436 g/mol. The molecule has 3 aromatic rings. The Kier molecular flexibility index (Phi) is 5.90. The number of carbonyl (C=O) groups is 1. The summed E-state index contributed by atoms with van der Waals surface area (Å²) in [5.74, 6) is 1.75. The molecule has 0 amide bonds. The SMILES string of the molecule is CCOC(=O)C1CCCN(c2nc(Cc3ccccc3)nc3sc4c(c23)CCCC4)C1. The van der Waals surface area contributed by atoms with Gasteiger partial charge in [-0.2, -0.15) is 0 Å². The monoisotopic (exact) mass is 435 g/mol. The normalized spacial score (nSPS) is 18.7. The van der Waals surface area contributed by atoms with Crippen molar-refractivity contribution in [2.24, 2.45) is 5.92 Å². The number of anilines is 1. The summed E-state index contributed by atoms with van der Waals surface area (Å²) < 4.78 is 5.34. The molecule has 0 spiro atoms. The number of fused-ring (bicyclic) bond motifs is 3. The van der Waals surface area contributed by atoms with Crippen LogP contribution >= 0.6 is 11.3 Å². The van der Waals surface area contributed by atoms with Gasteiger partial charge in [-0.15, -0.1) is 11.3 Å². The molecule has 2 aliphatic rings. The van der Waals surface area contributed by atoms with Crippen LogP contribution in [0.5, 0.6) is 0 Å². The third-order valence-corrected chi connectivity index (χ3v) is 7.57. The molecule has 1 unspecified atom stereocenters. The summed E-state index contributed by atoms with van der Waals surface area (Å²) in [5.41, 5.74) is 2.67. The van der Waals surface area contributed by atoms with Crippen molar-refractivity contribution in [3.8, 4) is 0 Å². The highest BCUT2D eigenvalue weighted by Gasteiger charge is 2.30. The molecule has 1 aliphatic carbocycles. The van der Waals surface area contributed by atoms with Crippen LogP contribution in [-0.2, 0) is 28.8 Å². The zero-order valence-electron chi connectivity index (χ0n) is 18.1. The van der Waals surface area contributed by atoms with Gasteiger partial charge in [0.1, 0.15) is 16.5 Å². The fourth-order valence-electron chi connectivity index (χ4n) is 4.89. The van der Waals surface area contributed by atoms with Crippen LogP contribution in [-0.4, -0.2) is 35.6 Å². The lowest BCUT2D eigenvalue weighted by atomic mass is 9.95. The number of aryl methyl sites for hydroxylation is 2. The summed E-state index contributed by atoms with van der Waals surface area (Å²) in [4.78, 5) is 27.5. The minimum atomic E-state index is -0.0780. The van der Waals surface area contributed by atoms with E-state index in [4.69, 9.17) is 14.7 Å². The largest absolute Gasteiger partial charge is 0.466 e. The molecule has 6 heteroatoms. The van der Waals surface area contributed by atoms with Crippen molar-refractivity contribution in [3.05, 3.63) is 52.2 Å². The van der Waals surface area contributed by atoms with Gasteiger partial charge in [0.25, 0.3) is 0 Å². The van der Waals surface area contributed by atoms with Crippen LogP contribution in [0, 0.1) is 5.92 Å². The molecular weight excluding hydrogens is 406 g/mol. The summed E-state index contributed by atoms with van der Waals surface area (Å²) in [6, 6.07) is 10.4. The topological polar surface area (TPSA) is 55.3 Å². The summed E-state index contributed by atoms with van der Waals surface area (Å²) in [5, 5.41) is 1.24. The van der Waals surface area contributed by atoms with E-state index in [2.05, 4.69) is 29.2 Å². The van der Waals surface area contributed by atoms with Crippen molar-refractivity contribution in [2.45, 2.75) is 51.9 Å². The predicted octanol–water partition coefficient (Wildman–Crippen LogP) is 4.94. The lowest BCUT2D eigenvalue weighted by molar-refractivity contribution is -0.148. The summed E-state index contributed by atoms with van der Waals surface area (Å²) in [7, 11) is 0. The van der Waals surface area contributed by atoms with E-state index in [0.717, 1.165) is 55.1 Å². The smallest absolute Gasteiger partial charge is 0.310 e. The Morgan fingerprint density at radius 2 is 2.00 bits per heavy atom. The Morgan fingerprint density at radius 3 is 2.84 bits per heavy atom. The first-order chi connectivity index (χ1) is 15.2. The van der Waals surface area contributed by atoms with Crippen LogP contribution in [0.4, 0.5) is 5.82 Å². The van der Waals surface area contributed by atoms with Crippen molar-refractivity contribution in [3.63, 3.8) is 0 Å². The summed E-state index contributed by atoms with van der Waals surface area (Å²) in [6.07, 6.45) is 7.34. The van der Waals surface area contributed by atoms with Crippen molar-refractivity contribution in [2.75, 3.05) is 24.6 Å². The highest BCUT2D eigenvalue weighted by atomic mass is 32.1. The molecular formula is C25H29N3O2S. The number of esters is 1. The van der Waals surface area contributed by atoms with E-state index in [9.17, 15) is 4.79 Å². The number of nitrogens with zero attached hydrogens (tertiary/aromatic N) is 3. The van der Waals surface area contributed by atoms with Gasteiger partial charge in [-0.25, -0.2) is 9.97 Å². The predicted molar refractivity (Wildman–Crippen MR) is 125 cm³/mol. The fourth-order valence-corrected chi connectivity index (χ4v) is 6.16. The van der Waals surface area contributed by atoms with E-state index in [1.165, 1.54) is 34.2 Å². The number of hydrogen-bond acceptors (Lipinski definition) is 6. The molecule has 31 heavy (non-hydrogen) atoms. The van der Waals surface area contributed by atoms with Crippen LogP contribution in [0.2, 0.25) is 0 Å². The fraction of sp³-hybridized carbons (Fsp3) is 0.480. The van der Waals surface area contributed by atoms with Crippen molar-refractivity contribution < 1.29 is 9.53 Å². The first-order valence-corrected chi connectivity index (χ1v) is 12.3. The van der Waals surface area contributed by atoms with Crippen molar-refractivity contribution in [1.82, 2.24) is 9.97 Å². The number of thiophene rings is 1. The van der Waals surface area contributed by atoms with E-state index in [0.29, 0.717) is 13.2 Å². The second-order valence-electron chi connectivity index (χ2n) is 8.55. The number of carbonyl (C=O) groups excluding carboxylic acids is 1. The first-order valence-electron chi connectivity index (χ1n) is 11.5. The molecule has 1 fully saturated rings. The Bertz CT molecular complexity index is 1080. The summed E-state index contributed by atoms with van der Waals surface area (Å²) in [6.45, 7) is 3.92. The van der Waals surface area contributed by atoms with Crippen LogP contribution in [0.1, 0.15) is 54.4 Å². The quantitative estimate of drug-likeness (QED) is 0.531. The van der Waals surface area contributed by atoms with Gasteiger partial charge >= 0.3 is 5.97 Å². The molecule has 1 aromatic carbocycles. The van der Waals surface area contributed by atoms with E-state index in [-0.39, 0.29) is 11.9 Å². The Morgan fingerprint density at radius 1 is 1.16 bits per heavy atom. The molecule has 1 atom stereocenters. The molecule has 0 saturated carbocycles. The van der Waals surface area contributed by atoms with Crippen LogP contribution < -0.4 is 4.90 Å². The van der Waals surface area contributed by atoms with Gasteiger partial charge in [-0.1, -0.05) is 30.3 Å². The number of hydrogen-bond donors (Lipinski definition) is 0. The van der Waals surface area contributed by atoms with Crippen molar-refractivity contribution in [1.29, 1.82) is 0 Å². The average Bonchev–Trinajstić information content (AvgIpc) is 3.18. The van der Waals surface area contributed by atoms with E-state index < -0.39 is 0 Å². The molecule has 162 valence electrons. The molecule has 0 bridgehead atoms. The third-order valence-electron chi connectivity index (χ3n) is 6.39. The maximum Gasteiger partial charge on any atom is 0.310 e. The standard InChI is InChI=1S/C25H29N3O2S/c1-2-30-25(29)18-11-8-14-28(16-18)23-22-19-12-6-7-13-20(19)31-24(22)27-21(26-23)15-17-9-4-3-5-10-17/h3-5,9-10,18H,2,6-8,11-16H2,1H3. The van der Waals surface area contributed by atoms with Gasteiger partial charge in [-0.3, -0.25) is 4.79 Å². The highest BCUT2D eigenvalue weighted by molar-refractivity contribution is 7.19. The van der Waals surface area contributed by atoms with Gasteiger partial charge in [0, 0.05) is 24.4 Å². The minimum Gasteiger partial charge on any atom is -0.466 e. The molecule has 5 nitrogen and oxygen atoms in total. The molecule has 2 aromatic heterocycles. The van der Waals surface area contributed by atoms with Gasteiger partial charge in [0.2, 0.25) is 0 Å². The van der Waals surface area contributed by atoms with E-state index in [1.54, 1.807) is 0 Å². The van der Waals surface area contributed by atoms with Gasteiger partial charge in [-0.05, 0) is 56.6 Å². The van der Waals surface area contributed by atoms with Gasteiger partial charge < -0.3 is 9.64 Å². The zero-order chi connectivity index (χ0) is 21.2. The van der Waals surface area contributed by atoms with E-state index >= 15 is 0 Å². The lowest BCUT2D eigenvalue weighted by Gasteiger charge is -2.33. The Labute approximate surface area is 187 Å². The molecule has 0 N–H and O–H groups in total. The molecule has 5 rings (SSSR count). The van der Waals surface area contributed by atoms with Crippen molar-refractivity contribution >= 4 is 33.3 Å². The second kappa shape index (κ2) is 8.95. The summed E-state index contributed by atoms with van der Waals surface area (Å²) >= 11 is 1.85. The van der Waals surface area contributed by atoms with Crippen LogP contribution in [0.25, 0.3) is 10.2 Å². The first kappa shape index (κ1) is 20.4. The Hall–Kier alpha value is -2.47.